The fourth-order valence-electron chi connectivity index (χ4n) is 3.09. The Labute approximate surface area is 140 Å². The van der Waals surface area contributed by atoms with Crippen LogP contribution in [0.5, 0.6) is 0 Å². The monoisotopic (exact) mass is 327 g/mol. The normalized spacial score (nSPS) is 16.5. The summed E-state index contributed by atoms with van der Waals surface area (Å²) in [7, 11) is 0. The van der Waals surface area contributed by atoms with E-state index >= 15 is 0 Å². The lowest BCUT2D eigenvalue weighted by atomic mass is 9.92. The highest BCUT2D eigenvalue weighted by molar-refractivity contribution is 5.96. The van der Waals surface area contributed by atoms with Gasteiger partial charge in [0.25, 0.3) is 5.91 Å². The highest BCUT2D eigenvalue weighted by atomic mass is 16.4. The van der Waals surface area contributed by atoms with Crippen molar-refractivity contribution in [2.45, 2.75) is 44.7 Å². The molecule has 0 saturated heterocycles. The number of benzene rings is 1. The van der Waals surface area contributed by atoms with E-state index in [1.807, 2.05) is 10.6 Å². The molecule has 1 atom stereocenters. The summed E-state index contributed by atoms with van der Waals surface area (Å²) in [5.41, 5.74) is -0.537. The first-order valence-corrected chi connectivity index (χ1v) is 8.18. The molecule has 1 aliphatic heterocycles. The zero-order valence-electron chi connectivity index (χ0n) is 13.7. The number of hydrogen-bond donors (Lipinski definition) is 2. The number of carbonyl (C=O) groups excluding carboxylic acids is 1. The molecule has 24 heavy (non-hydrogen) atoms. The van der Waals surface area contributed by atoms with Crippen LogP contribution >= 0.6 is 0 Å². The van der Waals surface area contributed by atoms with Crippen LogP contribution in [-0.2, 0) is 23.3 Å². The van der Waals surface area contributed by atoms with E-state index in [1.54, 1.807) is 30.5 Å². The molecule has 0 fully saturated rings. The van der Waals surface area contributed by atoms with Crippen LogP contribution in [0.2, 0.25) is 0 Å². The molecule has 1 aromatic heterocycles. The lowest BCUT2D eigenvalue weighted by Crippen LogP contribution is -2.50. The van der Waals surface area contributed by atoms with Gasteiger partial charge in [-0.2, -0.15) is 0 Å². The summed E-state index contributed by atoms with van der Waals surface area (Å²) in [5.74, 6) is -0.614. The number of amides is 1. The molecule has 6 nitrogen and oxygen atoms in total. The van der Waals surface area contributed by atoms with Gasteiger partial charge in [-0.05, 0) is 25.3 Å². The third-order valence-electron chi connectivity index (χ3n) is 4.60. The molecule has 2 aromatic rings. The molecule has 1 aliphatic rings. The molecule has 0 aliphatic carbocycles. The smallest absolute Gasteiger partial charge is 0.333 e. The second kappa shape index (κ2) is 6.47. The van der Waals surface area contributed by atoms with Gasteiger partial charge >= 0.3 is 5.97 Å². The highest BCUT2D eigenvalue weighted by Gasteiger charge is 2.37. The van der Waals surface area contributed by atoms with Crippen molar-refractivity contribution >= 4 is 11.9 Å². The van der Waals surface area contributed by atoms with Crippen molar-refractivity contribution in [3.63, 3.8) is 0 Å². The van der Waals surface area contributed by atoms with Crippen LogP contribution in [-0.4, -0.2) is 26.5 Å². The molecule has 1 unspecified atom stereocenters. The van der Waals surface area contributed by atoms with Crippen LogP contribution in [0.25, 0.3) is 0 Å². The van der Waals surface area contributed by atoms with E-state index in [-0.39, 0.29) is 0 Å². The van der Waals surface area contributed by atoms with Crippen LogP contribution in [0.15, 0.2) is 36.5 Å². The summed E-state index contributed by atoms with van der Waals surface area (Å²) in [6.45, 7) is 2.25. The number of carboxylic acid groups (broad SMARTS) is 1. The summed E-state index contributed by atoms with van der Waals surface area (Å²) in [6, 6.07) is 8.72. The minimum absolute atomic E-state index is 0.413. The Morgan fingerprint density at radius 3 is 2.67 bits per heavy atom. The van der Waals surface area contributed by atoms with Gasteiger partial charge in [0.05, 0.1) is 6.20 Å². The van der Waals surface area contributed by atoms with Crippen LogP contribution < -0.4 is 5.32 Å². The third-order valence-corrected chi connectivity index (χ3v) is 4.60. The topological polar surface area (TPSA) is 84.2 Å². The number of rotatable bonds is 4. The van der Waals surface area contributed by atoms with Gasteiger partial charge in [0.1, 0.15) is 11.5 Å². The molecule has 1 amide bonds. The number of carbonyl (C=O) groups is 2. The number of imidazole rings is 1. The first kappa shape index (κ1) is 16.2. The summed E-state index contributed by atoms with van der Waals surface area (Å²) in [4.78, 5) is 28.9. The van der Waals surface area contributed by atoms with E-state index in [0.717, 1.165) is 38.1 Å². The largest absolute Gasteiger partial charge is 0.479 e. The maximum Gasteiger partial charge on any atom is 0.333 e. The zero-order valence-corrected chi connectivity index (χ0v) is 13.7. The van der Waals surface area contributed by atoms with Crippen LogP contribution in [0.1, 0.15) is 48.1 Å². The lowest BCUT2D eigenvalue weighted by molar-refractivity contribution is -0.144. The minimum atomic E-state index is -1.49. The van der Waals surface area contributed by atoms with Crippen LogP contribution in [0, 0.1) is 0 Å². The van der Waals surface area contributed by atoms with E-state index in [2.05, 4.69) is 10.3 Å². The first-order chi connectivity index (χ1) is 11.5. The Bertz CT molecular complexity index is 754. The third kappa shape index (κ3) is 2.91. The van der Waals surface area contributed by atoms with Gasteiger partial charge in [-0.25, -0.2) is 9.78 Å². The number of hydrogen-bond acceptors (Lipinski definition) is 3. The average molecular weight is 327 g/mol. The van der Waals surface area contributed by atoms with E-state index < -0.39 is 17.4 Å². The summed E-state index contributed by atoms with van der Waals surface area (Å²) in [6.07, 6.45) is 5.57. The maximum absolute atomic E-state index is 12.7. The molecule has 126 valence electrons. The minimum Gasteiger partial charge on any atom is -0.479 e. The first-order valence-electron chi connectivity index (χ1n) is 8.18. The second-order valence-corrected chi connectivity index (χ2v) is 6.27. The quantitative estimate of drug-likeness (QED) is 0.903. The zero-order chi connectivity index (χ0) is 17.2. The van der Waals surface area contributed by atoms with Crippen molar-refractivity contribution < 1.29 is 14.7 Å². The number of fused-ring (bicyclic) bond motifs is 1. The number of aryl methyl sites for hydroxylation is 1. The van der Waals surface area contributed by atoms with Gasteiger partial charge < -0.3 is 15.0 Å². The molecule has 0 spiro atoms. The highest BCUT2D eigenvalue weighted by Crippen LogP contribution is 2.23. The van der Waals surface area contributed by atoms with Crippen molar-refractivity contribution in [2.75, 3.05) is 0 Å². The standard InChI is InChI=1S/C18H21N3O3/c1-18(17(23)24,13-8-4-2-5-9-13)20-16(22)14-12-19-15-10-6-3-7-11-21(14)15/h2,4-5,8-9,12H,3,6-7,10-11H2,1H3,(H,20,22)(H,23,24). The molecule has 1 aromatic carbocycles. The van der Waals surface area contributed by atoms with Crippen molar-refractivity contribution in [2.24, 2.45) is 0 Å². The van der Waals surface area contributed by atoms with E-state index in [4.69, 9.17) is 0 Å². The van der Waals surface area contributed by atoms with Gasteiger partial charge in [-0.1, -0.05) is 36.8 Å². The Morgan fingerprint density at radius 1 is 1.21 bits per heavy atom. The molecular weight excluding hydrogens is 306 g/mol. The fourth-order valence-corrected chi connectivity index (χ4v) is 3.09. The van der Waals surface area contributed by atoms with Crippen LogP contribution in [0.4, 0.5) is 0 Å². The summed E-state index contributed by atoms with van der Waals surface area (Å²) in [5, 5.41) is 12.4. The van der Waals surface area contributed by atoms with E-state index in [0.29, 0.717) is 11.3 Å². The Kier molecular flexibility index (Phi) is 4.38. The molecule has 0 bridgehead atoms. The van der Waals surface area contributed by atoms with Gasteiger partial charge in [-0.3, -0.25) is 4.79 Å². The molecule has 0 radical (unpaired) electrons. The summed E-state index contributed by atoms with van der Waals surface area (Å²) < 4.78 is 1.91. The van der Waals surface area contributed by atoms with Crippen molar-refractivity contribution in [1.82, 2.24) is 14.9 Å². The predicted octanol–water partition coefficient (Wildman–Crippen LogP) is 2.34. The number of nitrogens with one attached hydrogen (secondary N) is 1. The Morgan fingerprint density at radius 2 is 1.96 bits per heavy atom. The molecule has 3 rings (SSSR count). The number of aliphatic carboxylic acids is 1. The fraction of sp³-hybridized carbons (Fsp3) is 0.389. The van der Waals surface area contributed by atoms with Crippen LogP contribution in [0.3, 0.4) is 0 Å². The molecule has 6 heteroatoms. The maximum atomic E-state index is 12.7. The molecular formula is C18H21N3O3. The molecule has 2 N–H and O–H groups in total. The number of aromatic nitrogens is 2. The van der Waals surface area contributed by atoms with Crippen molar-refractivity contribution in [3.05, 3.63) is 53.6 Å². The van der Waals surface area contributed by atoms with E-state index in [1.165, 1.54) is 6.92 Å². The average Bonchev–Trinajstić information content (AvgIpc) is 2.84. The predicted molar refractivity (Wildman–Crippen MR) is 88.7 cm³/mol. The summed E-state index contributed by atoms with van der Waals surface area (Å²) >= 11 is 0. The second-order valence-electron chi connectivity index (χ2n) is 6.27. The lowest BCUT2D eigenvalue weighted by Gasteiger charge is -2.27. The van der Waals surface area contributed by atoms with Gasteiger partial charge in [-0.15, -0.1) is 0 Å². The molecule has 0 saturated carbocycles. The Hall–Kier alpha value is -2.63. The number of carboxylic acids is 1. The van der Waals surface area contributed by atoms with Gasteiger partial charge in [0.2, 0.25) is 0 Å². The van der Waals surface area contributed by atoms with Crippen molar-refractivity contribution in [1.29, 1.82) is 0 Å². The Balaban J connectivity index is 1.90. The van der Waals surface area contributed by atoms with Crippen molar-refractivity contribution in [3.8, 4) is 0 Å². The van der Waals surface area contributed by atoms with Gasteiger partial charge in [0.15, 0.2) is 5.54 Å². The SMILES string of the molecule is CC(NC(=O)c1cnc2n1CCCCC2)(C(=O)O)c1ccccc1. The molecule has 2 heterocycles. The van der Waals surface area contributed by atoms with E-state index in [9.17, 15) is 14.7 Å². The number of nitrogens with zero attached hydrogens (tertiary/aromatic N) is 2. The van der Waals surface area contributed by atoms with Gasteiger partial charge in [0, 0.05) is 13.0 Å².